The molecule has 0 radical (unpaired) electrons. The fourth-order valence-corrected chi connectivity index (χ4v) is 1.66. The van der Waals surface area contributed by atoms with Gasteiger partial charge < -0.3 is 10.1 Å². The van der Waals surface area contributed by atoms with Gasteiger partial charge in [0.2, 0.25) is 5.95 Å². The van der Waals surface area contributed by atoms with E-state index in [1.165, 1.54) is 7.11 Å². The molecule has 1 aromatic carbocycles. The van der Waals surface area contributed by atoms with Gasteiger partial charge in [0.15, 0.2) is 11.6 Å². The zero-order valence-electron chi connectivity index (χ0n) is 9.95. The van der Waals surface area contributed by atoms with Crippen molar-refractivity contribution in [2.75, 3.05) is 17.9 Å². The van der Waals surface area contributed by atoms with Gasteiger partial charge in [-0.1, -0.05) is 11.6 Å². The molecule has 100 valence electrons. The third-order valence-electron chi connectivity index (χ3n) is 2.29. The molecule has 0 saturated carbocycles. The minimum atomic E-state index is -0.606. The number of aromatic nitrogens is 2. The SMILES string of the molecule is COc1ccc(Nc2nc(NN)ncc2F)cc1Cl. The molecule has 19 heavy (non-hydrogen) atoms. The van der Waals surface area contributed by atoms with Gasteiger partial charge in [-0.3, -0.25) is 5.43 Å². The Morgan fingerprint density at radius 1 is 1.42 bits per heavy atom. The van der Waals surface area contributed by atoms with Crippen LogP contribution in [0.2, 0.25) is 5.02 Å². The molecule has 0 fully saturated rings. The maximum atomic E-state index is 13.5. The number of nitrogens with one attached hydrogen (secondary N) is 2. The van der Waals surface area contributed by atoms with Crippen LogP contribution in [0, 0.1) is 5.82 Å². The average molecular weight is 284 g/mol. The fourth-order valence-electron chi connectivity index (χ4n) is 1.41. The fraction of sp³-hybridized carbons (Fsp3) is 0.0909. The number of benzene rings is 1. The van der Waals surface area contributed by atoms with Crippen molar-refractivity contribution in [2.24, 2.45) is 5.84 Å². The van der Waals surface area contributed by atoms with E-state index in [0.717, 1.165) is 6.20 Å². The molecule has 0 aliphatic rings. The molecule has 1 heterocycles. The molecular formula is C11H11ClFN5O. The van der Waals surface area contributed by atoms with Crippen LogP contribution < -0.4 is 21.3 Å². The van der Waals surface area contributed by atoms with Gasteiger partial charge in [0.25, 0.3) is 0 Å². The first-order valence-corrected chi connectivity index (χ1v) is 5.61. The van der Waals surface area contributed by atoms with Gasteiger partial charge in [-0.2, -0.15) is 4.98 Å². The third-order valence-corrected chi connectivity index (χ3v) is 2.58. The molecule has 1 aromatic heterocycles. The summed E-state index contributed by atoms with van der Waals surface area (Å²) in [7, 11) is 1.51. The Morgan fingerprint density at radius 2 is 2.21 bits per heavy atom. The van der Waals surface area contributed by atoms with E-state index in [4.69, 9.17) is 22.2 Å². The number of ether oxygens (including phenoxy) is 1. The molecule has 2 rings (SSSR count). The first-order chi connectivity index (χ1) is 9.13. The van der Waals surface area contributed by atoms with Crippen molar-refractivity contribution in [3.8, 4) is 5.75 Å². The quantitative estimate of drug-likeness (QED) is 0.590. The maximum absolute atomic E-state index is 13.5. The lowest BCUT2D eigenvalue weighted by atomic mass is 10.3. The molecule has 0 bridgehead atoms. The summed E-state index contributed by atoms with van der Waals surface area (Å²) in [6.07, 6.45) is 1.01. The highest BCUT2D eigenvalue weighted by atomic mass is 35.5. The van der Waals surface area contributed by atoms with Gasteiger partial charge in [-0.15, -0.1) is 0 Å². The summed E-state index contributed by atoms with van der Waals surface area (Å²) in [5.74, 6) is 5.17. The Morgan fingerprint density at radius 3 is 2.84 bits per heavy atom. The Labute approximate surface area is 113 Å². The minimum absolute atomic E-state index is 0.0100. The number of hydrazine groups is 1. The van der Waals surface area contributed by atoms with Crippen molar-refractivity contribution in [3.63, 3.8) is 0 Å². The average Bonchev–Trinajstić information content (AvgIpc) is 2.41. The summed E-state index contributed by atoms with van der Waals surface area (Å²) in [4.78, 5) is 7.49. The molecular weight excluding hydrogens is 273 g/mol. The molecule has 0 saturated heterocycles. The van der Waals surface area contributed by atoms with Crippen LogP contribution in [0.15, 0.2) is 24.4 Å². The largest absolute Gasteiger partial charge is 0.495 e. The van der Waals surface area contributed by atoms with Crippen LogP contribution in [0.3, 0.4) is 0 Å². The van der Waals surface area contributed by atoms with Gasteiger partial charge in [0.05, 0.1) is 18.3 Å². The zero-order valence-corrected chi connectivity index (χ0v) is 10.7. The number of rotatable bonds is 4. The predicted molar refractivity (Wildman–Crippen MR) is 71.1 cm³/mol. The summed E-state index contributed by atoms with van der Waals surface area (Å²) < 4.78 is 18.5. The van der Waals surface area contributed by atoms with Gasteiger partial charge >= 0.3 is 0 Å². The molecule has 8 heteroatoms. The molecule has 0 aliphatic heterocycles. The van der Waals surface area contributed by atoms with E-state index in [2.05, 4.69) is 20.7 Å². The third kappa shape index (κ3) is 3.01. The van der Waals surface area contributed by atoms with E-state index in [1.54, 1.807) is 18.2 Å². The van der Waals surface area contributed by atoms with Gasteiger partial charge in [-0.05, 0) is 18.2 Å². The number of halogens is 2. The van der Waals surface area contributed by atoms with Crippen LogP contribution in [0.4, 0.5) is 21.8 Å². The predicted octanol–water partition coefficient (Wildman–Crippen LogP) is 2.31. The highest BCUT2D eigenvalue weighted by molar-refractivity contribution is 6.32. The maximum Gasteiger partial charge on any atom is 0.239 e. The van der Waals surface area contributed by atoms with Gasteiger partial charge in [-0.25, -0.2) is 15.2 Å². The van der Waals surface area contributed by atoms with Gasteiger partial charge in [0, 0.05) is 5.69 Å². The monoisotopic (exact) mass is 283 g/mol. The van der Waals surface area contributed by atoms with Crippen molar-refractivity contribution >= 4 is 29.1 Å². The van der Waals surface area contributed by atoms with Crippen LogP contribution in [-0.4, -0.2) is 17.1 Å². The molecule has 0 aliphatic carbocycles. The van der Waals surface area contributed by atoms with Crippen molar-refractivity contribution in [1.82, 2.24) is 9.97 Å². The second-order valence-electron chi connectivity index (χ2n) is 3.51. The normalized spacial score (nSPS) is 10.1. The lowest BCUT2D eigenvalue weighted by Crippen LogP contribution is -2.12. The van der Waals surface area contributed by atoms with Crippen LogP contribution in [-0.2, 0) is 0 Å². The topological polar surface area (TPSA) is 85.1 Å². The lowest BCUT2D eigenvalue weighted by Gasteiger charge is -2.09. The highest BCUT2D eigenvalue weighted by Gasteiger charge is 2.08. The summed E-state index contributed by atoms with van der Waals surface area (Å²) in [5.41, 5.74) is 2.80. The van der Waals surface area contributed by atoms with Crippen LogP contribution in [0.5, 0.6) is 5.75 Å². The number of anilines is 3. The minimum Gasteiger partial charge on any atom is -0.495 e. The summed E-state index contributed by atoms with van der Waals surface area (Å²) in [5, 5.41) is 3.18. The number of methoxy groups -OCH3 is 1. The number of nitrogen functional groups attached to an aromatic ring is 1. The first-order valence-electron chi connectivity index (χ1n) is 5.23. The molecule has 2 aromatic rings. The Bertz CT molecular complexity index is 595. The van der Waals surface area contributed by atoms with E-state index < -0.39 is 5.82 Å². The molecule has 0 amide bonds. The Hall–Kier alpha value is -2.12. The second-order valence-corrected chi connectivity index (χ2v) is 3.92. The molecule has 0 atom stereocenters. The summed E-state index contributed by atoms with van der Waals surface area (Å²) in [6, 6.07) is 4.94. The molecule has 0 spiro atoms. The molecule has 4 N–H and O–H groups in total. The van der Waals surface area contributed by atoms with Crippen LogP contribution >= 0.6 is 11.6 Å². The smallest absolute Gasteiger partial charge is 0.239 e. The van der Waals surface area contributed by atoms with Crippen molar-refractivity contribution in [1.29, 1.82) is 0 Å². The summed E-state index contributed by atoms with van der Waals surface area (Å²) in [6.45, 7) is 0. The van der Waals surface area contributed by atoms with E-state index >= 15 is 0 Å². The molecule has 6 nitrogen and oxygen atoms in total. The number of nitrogens with zero attached hydrogens (tertiary/aromatic N) is 2. The van der Waals surface area contributed by atoms with E-state index in [-0.39, 0.29) is 11.8 Å². The van der Waals surface area contributed by atoms with Gasteiger partial charge in [0.1, 0.15) is 5.75 Å². The standard InChI is InChI=1S/C11H11ClFN5O/c1-19-9-3-2-6(4-7(9)12)16-10-8(13)5-15-11(17-10)18-14/h2-5H,14H2,1H3,(H2,15,16,17,18). The molecule has 0 unspecified atom stereocenters. The van der Waals surface area contributed by atoms with E-state index in [0.29, 0.717) is 16.5 Å². The van der Waals surface area contributed by atoms with Crippen molar-refractivity contribution < 1.29 is 9.13 Å². The number of nitrogens with two attached hydrogens (primary N) is 1. The second kappa shape index (κ2) is 5.68. The first kappa shape index (κ1) is 13.3. The zero-order chi connectivity index (χ0) is 13.8. The number of hydrogen-bond donors (Lipinski definition) is 3. The highest BCUT2D eigenvalue weighted by Crippen LogP contribution is 2.29. The number of hydrogen-bond acceptors (Lipinski definition) is 6. The van der Waals surface area contributed by atoms with E-state index in [9.17, 15) is 4.39 Å². The summed E-state index contributed by atoms with van der Waals surface area (Å²) >= 11 is 5.97. The van der Waals surface area contributed by atoms with Crippen LogP contribution in [0.25, 0.3) is 0 Å². The Kier molecular flexibility index (Phi) is 3.98. The van der Waals surface area contributed by atoms with E-state index in [1.807, 2.05) is 0 Å². The van der Waals surface area contributed by atoms with Crippen molar-refractivity contribution in [2.45, 2.75) is 0 Å². The van der Waals surface area contributed by atoms with Crippen molar-refractivity contribution in [3.05, 3.63) is 35.2 Å². The van der Waals surface area contributed by atoms with Crippen LogP contribution in [0.1, 0.15) is 0 Å². The lowest BCUT2D eigenvalue weighted by molar-refractivity contribution is 0.415. The Balaban J connectivity index is 2.28.